The maximum absolute atomic E-state index is 14.0. The van der Waals surface area contributed by atoms with Crippen molar-refractivity contribution in [2.24, 2.45) is 5.73 Å². The third-order valence-electron chi connectivity index (χ3n) is 2.47. The maximum atomic E-state index is 14.0. The van der Waals surface area contributed by atoms with E-state index in [1.807, 2.05) is 0 Å². The lowest BCUT2D eigenvalue weighted by molar-refractivity contribution is 0.396. The first kappa shape index (κ1) is 14.4. The molecule has 0 radical (unpaired) electrons. The molecule has 104 valence electrons. The van der Waals surface area contributed by atoms with Crippen LogP contribution in [0.15, 0.2) is 34.8 Å². The van der Waals surface area contributed by atoms with E-state index in [0.29, 0.717) is 0 Å². The van der Waals surface area contributed by atoms with Gasteiger partial charge < -0.3 is 10.5 Å². The van der Waals surface area contributed by atoms with Gasteiger partial charge in [-0.25, -0.2) is 8.78 Å². The van der Waals surface area contributed by atoms with Gasteiger partial charge in [-0.15, -0.1) is 0 Å². The predicted molar refractivity (Wildman–Crippen MR) is 71.5 cm³/mol. The van der Waals surface area contributed by atoms with E-state index in [-0.39, 0.29) is 21.6 Å². The summed E-state index contributed by atoms with van der Waals surface area (Å²) in [6, 6.07) is 5.85. The molecule has 0 heterocycles. The number of rotatable bonds is 3. The second-order valence-corrected chi connectivity index (χ2v) is 4.60. The first-order valence-electron chi connectivity index (χ1n) is 5.36. The number of benzene rings is 2. The molecule has 0 bridgehead atoms. The largest absolute Gasteiger partial charge is 0.451 e. The molecular formula is C13H8BrF3N2O. The normalized spacial score (nSPS) is 10.4. The van der Waals surface area contributed by atoms with Gasteiger partial charge in [0, 0.05) is 5.56 Å². The first-order chi connectivity index (χ1) is 9.41. The van der Waals surface area contributed by atoms with E-state index < -0.39 is 23.2 Å². The van der Waals surface area contributed by atoms with E-state index in [2.05, 4.69) is 15.9 Å². The Kier molecular flexibility index (Phi) is 3.99. The van der Waals surface area contributed by atoms with Gasteiger partial charge in [0.2, 0.25) is 5.82 Å². The molecule has 0 saturated heterocycles. The Balaban J connectivity index is 2.42. The minimum atomic E-state index is -1.21. The Bertz CT molecular complexity index is 692. The monoisotopic (exact) mass is 344 g/mol. The van der Waals surface area contributed by atoms with Crippen LogP contribution in [0.2, 0.25) is 0 Å². The second-order valence-electron chi connectivity index (χ2n) is 3.81. The van der Waals surface area contributed by atoms with Crippen LogP contribution in [0.3, 0.4) is 0 Å². The van der Waals surface area contributed by atoms with Crippen molar-refractivity contribution in [2.45, 2.75) is 0 Å². The highest BCUT2D eigenvalue weighted by molar-refractivity contribution is 9.10. The first-order valence-corrected chi connectivity index (χ1v) is 6.15. The maximum Gasteiger partial charge on any atom is 0.201 e. The zero-order chi connectivity index (χ0) is 14.9. The van der Waals surface area contributed by atoms with Gasteiger partial charge in [-0.1, -0.05) is 6.07 Å². The summed E-state index contributed by atoms with van der Waals surface area (Å²) in [5.74, 6) is -4.25. The molecule has 0 aliphatic rings. The quantitative estimate of drug-likeness (QED) is 0.654. The van der Waals surface area contributed by atoms with Crippen LogP contribution in [0.4, 0.5) is 13.2 Å². The lowest BCUT2D eigenvalue weighted by Crippen LogP contribution is -2.12. The Hall–Kier alpha value is -2.02. The van der Waals surface area contributed by atoms with E-state index >= 15 is 0 Å². The fourth-order valence-corrected chi connectivity index (χ4v) is 2.04. The van der Waals surface area contributed by atoms with Gasteiger partial charge >= 0.3 is 0 Å². The average molecular weight is 345 g/mol. The number of nitrogens with one attached hydrogen (secondary N) is 1. The van der Waals surface area contributed by atoms with Crippen LogP contribution in [0.1, 0.15) is 5.56 Å². The van der Waals surface area contributed by atoms with Crippen molar-refractivity contribution < 1.29 is 17.9 Å². The molecule has 0 atom stereocenters. The highest BCUT2D eigenvalue weighted by Crippen LogP contribution is 2.33. The molecule has 0 spiro atoms. The van der Waals surface area contributed by atoms with E-state index in [1.54, 1.807) is 0 Å². The summed E-state index contributed by atoms with van der Waals surface area (Å²) in [5.41, 5.74) is 5.40. The highest BCUT2D eigenvalue weighted by atomic mass is 79.9. The summed E-state index contributed by atoms with van der Waals surface area (Å²) in [4.78, 5) is 0. The number of halogens is 4. The molecule has 3 N–H and O–H groups in total. The average Bonchev–Trinajstić information content (AvgIpc) is 2.40. The summed E-state index contributed by atoms with van der Waals surface area (Å²) in [6.07, 6.45) is 0. The molecule has 20 heavy (non-hydrogen) atoms. The van der Waals surface area contributed by atoms with Gasteiger partial charge in [0.25, 0.3) is 0 Å². The fraction of sp³-hybridized carbons (Fsp3) is 0. The number of amidine groups is 1. The number of nitrogens with two attached hydrogens (primary N) is 1. The summed E-state index contributed by atoms with van der Waals surface area (Å²) >= 11 is 2.93. The molecule has 3 nitrogen and oxygen atoms in total. The van der Waals surface area contributed by atoms with Crippen molar-refractivity contribution in [1.82, 2.24) is 0 Å². The van der Waals surface area contributed by atoms with Crippen molar-refractivity contribution in [2.75, 3.05) is 0 Å². The molecule has 2 aromatic carbocycles. The van der Waals surface area contributed by atoms with Crippen LogP contribution in [-0.4, -0.2) is 5.84 Å². The predicted octanol–water partition coefficient (Wildman–Crippen LogP) is 3.94. The van der Waals surface area contributed by atoms with Crippen molar-refractivity contribution in [3.05, 3.63) is 57.8 Å². The number of ether oxygens (including phenoxy) is 1. The fourth-order valence-electron chi connectivity index (χ4n) is 1.50. The SMILES string of the molecule is N=C(N)c1ccc(Oc2cccc(F)c2F)c(F)c1Br. The van der Waals surface area contributed by atoms with Crippen LogP contribution >= 0.6 is 15.9 Å². The zero-order valence-electron chi connectivity index (χ0n) is 9.88. The molecule has 7 heteroatoms. The standard InChI is InChI=1S/C13H8BrF3N2O/c14-10-6(13(18)19)4-5-9(12(10)17)20-8-3-1-2-7(15)11(8)16/h1-5H,(H3,18,19). The van der Waals surface area contributed by atoms with Crippen LogP contribution < -0.4 is 10.5 Å². The lowest BCUT2D eigenvalue weighted by atomic mass is 10.2. The van der Waals surface area contributed by atoms with Crippen LogP contribution in [0, 0.1) is 22.9 Å². The minimum Gasteiger partial charge on any atom is -0.451 e. The van der Waals surface area contributed by atoms with Crippen molar-refractivity contribution in [3.8, 4) is 11.5 Å². The van der Waals surface area contributed by atoms with Gasteiger partial charge in [0.1, 0.15) is 5.84 Å². The third-order valence-corrected chi connectivity index (χ3v) is 3.25. The molecule has 0 unspecified atom stereocenters. The Morgan fingerprint density at radius 3 is 2.35 bits per heavy atom. The van der Waals surface area contributed by atoms with E-state index in [9.17, 15) is 13.2 Å². The van der Waals surface area contributed by atoms with Gasteiger partial charge in [-0.05, 0) is 40.2 Å². The summed E-state index contributed by atoms with van der Waals surface area (Å²) in [6.45, 7) is 0. The van der Waals surface area contributed by atoms with Gasteiger partial charge in [-0.2, -0.15) is 4.39 Å². The molecule has 0 aromatic heterocycles. The van der Waals surface area contributed by atoms with E-state index in [1.165, 1.54) is 24.3 Å². The molecule has 0 aliphatic heterocycles. The molecule has 2 aromatic rings. The molecule has 0 saturated carbocycles. The summed E-state index contributed by atoms with van der Waals surface area (Å²) in [7, 11) is 0. The van der Waals surface area contributed by atoms with Crippen molar-refractivity contribution in [1.29, 1.82) is 5.41 Å². The Morgan fingerprint density at radius 1 is 1.05 bits per heavy atom. The highest BCUT2D eigenvalue weighted by Gasteiger charge is 2.17. The van der Waals surface area contributed by atoms with Crippen molar-refractivity contribution in [3.63, 3.8) is 0 Å². The molecular weight excluding hydrogens is 337 g/mol. The zero-order valence-corrected chi connectivity index (χ0v) is 11.5. The molecule has 0 amide bonds. The van der Waals surface area contributed by atoms with Crippen LogP contribution in [0.25, 0.3) is 0 Å². The second kappa shape index (κ2) is 5.54. The van der Waals surface area contributed by atoms with E-state index in [4.69, 9.17) is 15.9 Å². The molecule has 2 rings (SSSR count). The number of nitrogen functional groups attached to an aromatic ring is 1. The van der Waals surface area contributed by atoms with Crippen LogP contribution in [-0.2, 0) is 0 Å². The minimum absolute atomic E-state index is 0.0840. The van der Waals surface area contributed by atoms with Gasteiger partial charge in [-0.3, -0.25) is 5.41 Å². The lowest BCUT2D eigenvalue weighted by Gasteiger charge is -2.11. The van der Waals surface area contributed by atoms with Crippen molar-refractivity contribution >= 4 is 21.8 Å². The number of hydrogen-bond donors (Lipinski definition) is 2. The summed E-state index contributed by atoms with van der Waals surface area (Å²) < 4.78 is 45.4. The molecule has 0 aliphatic carbocycles. The van der Waals surface area contributed by atoms with Gasteiger partial charge in [0.15, 0.2) is 23.1 Å². The number of hydrogen-bond acceptors (Lipinski definition) is 2. The van der Waals surface area contributed by atoms with E-state index in [0.717, 1.165) is 6.07 Å². The molecule has 0 fully saturated rings. The Labute approximate surface area is 120 Å². The topological polar surface area (TPSA) is 59.1 Å². The van der Waals surface area contributed by atoms with Gasteiger partial charge in [0.05, 0.1) is 4.47 Å². The Morgan fingerprint density at radius 2 is 1.70 bits per heavy atom. The van der Waals surface area contributed by atoms with Crippen LogP contribution in [0.5, 0.6) is 11.5 Å². The smallest absolute Gasteiger partial charge is 0.201 e. The summed E-state index contributed by atoms with van der Waals surface area (Å²) in [5, 5.41) is 7.26. The third kappa shape index (κ3) is 2.62.